The maximum absolute atomic E-state index is 12.3. The molecule has 2 aliphatic heterocycles. The van der Waals surface area contributed by atoms with Gasteiger partial charge in [-0.1, -0.05) is 13.8 Å². The highest BCUT2D eigenvalue weighted by atomic mass is 16.4. The maximum Gasteiger partial charge on any atom is 0.303 e. The van der Waals surface area contributed by atoms with E-state index in [0.717, 1.165) is 44.4 Å². The number of allylic oxidation sites excluding steroid dienone is 2. The van der Waals surface area contributed by atoms with Gasteiger partial charge in [-0.25, -0.2) is 4.99 Å². The van der Waals surface area contributed by atoms with E-state index in [9.17, 15) is 29.4 Å². The van der Waals surface area contributed by atoms with E-state index in [2.05, 4.69) is 20.3 Å². The average Bonchev–Trinajstić information content (AvgIpc) is 3.59. The van der Waals surface area contributed by atoms with E-state index in [1.54, 1.807) is 6.92 Å². The van der Waals surface area contributed by atoms with Crippen molar-refractivity contribution < 1.29 is 29.4 Å². The molecule has 0 saturated carbocycles. The smallest absolute Gasteiger partial charge is 0.303 e. The van der Waals surface area contributed by atoms with Crippen LogP contribution in [0.3, 0.4) is 0 Å². The molecule has 4 heterocycles. The fraction of sp³-hybridized carbons (Fsp3) is 0.364. The van der Waals surface area contributed by atoms with Crippen molar-refractivity contribution in [2.75, 3.05) is 0 Å². The van der Waals surface area contributed by atoms with Crippen molar-refractivity contribution in [1.82, 2.24) is 15.3 Å². The second-order valence-electron chi connectivity index (χ2n) is 10.9. The summed E-state index contributed by atoms with van der Waals surface area (Å²) in [6.45, 7) is 11.4. The largest absolute Gasteiger partial charge is 0.481 e. The number of rotatable bonds is 11. The van der Waals surface area contributed by atoms with Crippen LogP contribution in [0, 0.1) is 13.8 Å². The van der Waals surface area contributed by atoms with Crippen molar-refractivity contribution in [3.63, 3.8) is 0 Å². The van der Waals surface area contributed by atoms with E-state index in [1.807, 2.05) is 52.8 Å². The van der Waals surface area contributed by atoms with E-state index in [1.165, 1.54) is 0 Å². The summed E-state index contributed by atoms with van der Waals surface area (Å²) in [7, 11) is 0. The Balaban J connectivity index is 1.91. The summed E-state index contributed by atoms with van der Waals surface area (Å²) in [6.07, 6.45) is 7.25. The Labute approximate surface area is 249 Å². The van der Waals surface area contributed by atoms with Crippen LogP contribution in [-0.2, 0) is 32.0 Å². The van der Waals surface area contributed by atoms with Gasteiger partial charge < -0.3 is 25.5 Å². The third-order valence-corrected chi connectivity index (χ3v) is 8.33. The van der Waals surface area contributed by atoms with Crippen LogP contribution in [0.15, 0.2) is 33.0 Å². The first-order valence-corrected chi connectivity index (χ1v) is 14.5. The molecule has 5 N–H and O–H groups in total. The Morgan fingerprint density at radius 2 is 1.37 bits per heavy atom. The van der Waals surface area contributed by atoms with E-state index in [0.29, 0.717) is 46.4 Å². The molecular weight excluding hydrogens is 548 g/mol. The molecular formula is C33H38N4O6. The van der Waals surface area contributed by atoms with Gasteiger partial charge in [0.15, 0.2) is 0 Å². The second-order valence-corrected chi connectivity index (χ2v) is 10.9. The number of carbonyl (C=O) groups excluding carboxylic acids is 2. The number of carbonyl (C=O) groups is 4. The lowest BCUT2D eigenvalue weighted by Crippen LogP contribution is -2.15. The lowest BCUT2D eigenvalue weighted by atomic mass is 10.0. The Hall–Kier alpha value is -4.73. The number of aromatic nitrogens is 2. The molecule has 0 unspecified atom stereocenters. The zero-order valence-corrected chi connectivity index (χ0v) is 25.4. The zero-order valence-electron chi connectivity index (χ0n) is 25.4. The van der Waals surface area contributed by atoms with Crippen molar-refractivity contribution in [2.45, 2.75) is 80.1 Å². The third kappa shape index (κ3) is 6.38. The first-order valence-electron chi connectivity index (χ1n) is 14.5. The average molecular weight is 587 g/mol. The van der Waals surface area contributed by atoms with Crippen LogP contribution in [0.1, 0.15) is 87.0 Å². The summed E-state index contributed by atoms with van der Waals surface area (Å²) in [5, 5.41) is 23.2. The summed E-state index contributed by atoms with van der Waals surface area (Å²) in [5.41, 5.74) is 9.15. The molecule has 2 amide bonds. The van der Waals surface area contributed by atoms with Crippen LogP contribution >= 0.6 is 0 Å². The Bertz CT molecular complexity index is 1790. The van der Waals surface area contributed by atoms with Crippen molar-refractivity contribution in [1.29, 1.82) is 0 Å². The molecule has 2 aliphatic rings. The number of hydrogen-bond acceptors (Lipinski definition) is 4. The number of aliphatic carboxylic acids is 2. The van der Waals surface area contributed by atoms with Crippen LogP contribution in [-0.4, -0.2) is 49.6 Å². The third-order valence-electron chi connectivity index (χ3n) is 8.33. The molecule has 43 heavy (non-hydrogen) atoms. The molecule has 10 heteroatoms. The number of nitrogens with zero attached hydrogens (tertiary/aromatic N) is 1. The summed E-state index contributed by atoms with van der Waals surface area (Å²) < 4.78 is 0. The van der Waals surface area contributed by atoms with E-state index < -0.39 is 11.9 Å². The zero-order chi connectivity index (χ0) is 31.6. The number of carboxylic acids is 2. The molecule has 0 radical (unpaired) electrons. The topological polar surface area (TPSA) is 165 Å². The van der Waals surface area contributed by atoms with Crippen LogP contribution in [0.5, 0.6) is 0 Å². The normalized spacial score (nSPS) is 17.2. The van der Waals surface area contributed by atoms with Gasteiger partial charge in [0, 0.05) is 51.8 Å². The van der Waals surface area contributed by atoms with Crippen molar-refractivity contribution in [2.24, 2.45) is 4.99 Å². The lowest BCUT2D eigenvalue weighted by molar-refractivity contribution is -0.138. The summed E-state index contributed by atoms with van der Waals surface area (Å²) in [5.74, 6) is -2.22. The quantitative estimate of drug-likeness (QED) is 0.270. The minimum atomic E-state index is -0.922. The number of amides is 2. The van der Waals surface area contributed by atoms with Gasteiger partial charge >= 0.3 is 11.9 Å². The predicted octanol–water partition coefficient (Wildman–Crippen LogP) is 3.51. The van der Waals surface area contributed by atoms with Crippen LogP contribution in [0.4, 0.5) is 0 Å². The maximum atomic E-state index is 12.3. The SMILES string of the molecule is CCC1=C(C)C(/C=c2/[nH]/c(=C\c3[nH]c(/C=C4\NC(=O)C(C)=C4CC)c(C)c3CCC(=O)O)c(CCC(=O)O)c2C)=NC1=O. The van der Waals surface area contributed by atoms with Crippen molar-refractivity contribution in [3.8, 4) is 0 Å². The van der Waals surface area contributed by atoms with Crippen molar-refractivity contribution >= 4 is 47.7 Å². The van der Waals surface area contributed by atoms with Gasteiger partial charge in [-0.15, -0.1) is 0 Å². The van der Waals surface area contributed by atoms with Gasteiger partial charge in [0.2, 0.25) is 0 Å². The molecule has 2 aromatic rings. The monoisotopic (exact) mass is 586 g/mol. The first kappa shape index (κ1) is 31.2. The molecule has 10 nitrogen and oxygen atoms in total. The summed E-state index contributed by atoms with van der Waals surface area (Å²) >= 11 is 0. The number of aliphatic imine (C=N–C) groups is 1. The highest BCUT2D eigenvalue weighted by Crippen LogP contribution is 2.28. The van der Waals surface area contributed by atoms with Crippen LogP contribution < -0.4 is 16.0 Å². The number of hydrogen-bond donors (Lipinski definition) is 5. The number of carboxylic acid groups (broad SMARTS) is 2. The van der Waals surface area contributed by atoms with Gasteiger partial charge in [-0.05, 0) is 105 Å². The van der Waals surface area contributed by atoms with E-state index in [-0.39, 0.29) is 37.5 Å². The summed E-state index contributed by atoms with van der Waals surface area (Å²) in [6, 6.07) is 0. The van der Waals surface area contributed by atoms with Gasteiger partial charge in [0.05, 0.1) is 5.71 Å². The number of aromatic amines is 2. The molecule has 0 bridgehead atoms. The molecule has 0 spiro atoms. The highest BCUT2D eigenvalue weighted by Gasteiger charge is 2.24. The molecule has 226 valence electrons. The first-order chi connectivity index (χ1) is 20.4. The Morgan fingerprint density at radius 3 is 1.95 bits per heavy atom. The lowest BCUT2D eigenvalue weighted by Gasteiger charge is -2.04. The standard InChI is InChI=1S/C33H38N4O6/c1-7-20-19(6)32(42)37-27(20)14-25-18(5)23(10-12-31(40)41)29(35-25)15-28-22(9-11-30(38)39)17(4)24(34-28)13-26-16(3)21(8-2)33(43)36-26/h13-15,34-35H,7-12H2,1-6H3,(H,37,42)(H,38,39)(H,40,41)/b24-13+,27-14-,28-15-. The number of nitrogens with one attached hydrogen (secondary N) is 3. The van der Waals surface area contributed by atoms with Crippen LogP contribution in [0.25, 0.3) is 18.2 Å². The van der Waals surface area contributed by atoms with Gasteiger partial charge in [-0.3, -0.25) is 19.2 Å². The van der Waals surface area contributed by atoms with Gasteiger partial charge in [0.1, 0.15) is 0 Å². The second kappa shape index (κ2) is 12.6. The molecule has 0 aliphatic carbocycles. The predicted molar refractivity (Wildman–Crippen MR) is 165 cm³/mol. The fourth-order valence-electron chi connectivity index (χ4n) is 5.77. The Kier molecular flexibility index (Phi) is 9.18. The van der Waals surface area contributed by atoms with E-state index >= 15 is 0 Å². The highest BCUT2D eigenvalue weighted by molar-refractivity contribution is 6.30. The fourth-order valence-corrected chi connectivity index (χ4v) is 5.77. The Morgan fingerprint density at radius 1 is 0.744 bits per heavy atom. The minimum Gasteiger partial charge on any atom is -0.481 e. The molecule has 0 atom stereocenters. The summed E-state index contributed by atoms with van der Waals surface area (Å²) in [4.78, 5) is 58.7. The van der Waals surface area contributed by atoms with Crippen LogP contribution in [0.2, 0.25) is 0 Å². The molecule has 0 saturated heterocycles. The minimum absolute atomic E-state index is 0.0701. The van der Waals surface area contributed by atoms with E-state index in [4.69, 9.17) is 0 Å². The molecule has 0 fully saturated rings. The number of H-pyrrole nitrogens is 2. The molecule has 4 rings (SSSR count). The molecule has 2 aromatic heterocycles. The van der Waals surface area contributed by atoms with Crippen molar-refractivity contribution in [3.05, 3.63) is 72.3 Å². The molecule has 0 aromatic carbocycles. The van der Waals surface area contributed by atoms with Gasteiger partial charge in [-0.2, -0.15) is 0 Å². The van der Waals surface area contributed by atoms with Gasteiger partial charge in [0.25, 0.3) is 11.8 Å².